The molecule has 4 heteroatoms. The first-order chi connectivity index (χ1) is 11.2. The van der Waals surface area contributed by atoms with Gasteiger partial charge in [0.2, 0.25) is 5.91 Å². The quantitative estimate of drug-likeness (QED) is 0.902. The van der Waals surface area contributed by atoms with Crippen molar-refractivity contribution < 1.29 is 9.90 Å². The highest BCUT2D eigenvalue weighted by Gasteiger charge is 2.66. The normalized spacial score (nSPS) is 29.2. The van der Waals surface area contributed by atoms with Gasteiger partial charge in [-0.05, 0) is 24.3 Å². The third-order valence-electron chi connectivity index (χ3n) is 6.02. The van der Waals surface area contributed by atoms with Crippen molar-refractivity contribution in [1.29, 1.82) is 0 Å². The third-order valence-corrected chi connectivity index (χ3v) is 6.02. The molecule has 1 spiro atoms. The Balaban J connectivity index is 1.60. The molecule has 1 amide bonds. The van der Waals surface area contributed by atoms with Gasteiger partial charge in [-0.15, -0.1) is 0 Å². The van der Waals surface area contributed by atoms with E-state index < -0.39 is 0 Å². The van der Waals surface area contributed by atoms with E-state index in [2.05, 4.69) is 29.2 Å². The zero-order chi connectivity index (χ0) is 16.0. The van der Waals surface area contributed by atoms with Crippen molar-refractivity contribution in [3.8, 4) is 0 Å². The summed E-state index contributed by atoms with van der Waals surface area (Å²) in [5.41, 5.74) is 1.37. The molecule has 2 saturated heterocycles. The number of rotatable bonds is 5. The van der Waals surface area contributed by atoms with Gasteiger partial charge in [0, 0.05) is 38.0 Å². The Hall–Kier alpha value is -1.39. The van der Waals surface area contributed by atoms with Crippen molar-refractivity contribution in [3.05, 3.63) is 35.9 Å². The number of carbonyl (C=O) groups is 1. The summed E-state index contributed by atoms with van der Waals surface area (Å²) in [6.07, 6.45) is 3.22. The molecule has 0 radical (unpaired) electrons. The minimum atomic E-state index is 0.0577. The van der Waals surface area contributed by atoms with Crippen LogP contribution in [0.15, 0.2) is 30.3 Å². The molecule has 2 heterocycles. The molecule has 0 unspecified atom stereocenters. The van der Waals surface area contributed by atoms with Gasteiger partial charge in [0.25, 0.3) is 0 Å². The van der Waals surface area contributed by atoms with Gasteiger partial charge in [0.05, 0.1) is 12.1 Å². The molecule has 1 aromatic carbocycles. The van der Waals surface area contributed by atoms with Gasteiger partial charge in [0.1, 0.15) is 0 Å². The average Bonchev–Trinajstić information content (AvgIpc) is 3.34. The second kappa shape index (κ2) is 5.60. The van der Waals surface area contributed by atoms with E-state index in [-0.39, 0.29) is 24.1 Å². The summed E-state index contributed by atoms with van der Waals surface area (Å²) in [6.45, 7) is 4.87. The van der Waals surface area contributed by atoms with Gasteiger partial charge >= 0.3 is 0 Å². The summed E-state index contributed by atoms with van der Waals surface area (Å²) < 4.78 is 0. The van der Waals surface area contributed by atoms with E-state index in [1.807, 2.05) is 17.9 Å². The number of aliphatic hydroxyl groups excluding tert-OH is 1. The summed E-state index contributed by atoms with van der Waals surface area (Å²) in [5, 5.41) is 9.97. The van der Waals surface area contributed by atoms with E-state index in [9.17, 15) is 9.90 Å². The molecule has 4 nitrogen and oxygen atoms in total. The first kappa shape index (κ1) is 15.2. The van der Waals surface area contributed by atoms with Crippen LogP contribution in [-0.4, -0.2) is 58.6 Å². The Bertz CT molecular complexity index is 578. The molecule has 2 aliphatic heterocycles. The Morgan fingerprint density at radius 3 is 2.52 bits per heavy atom. The van der Waals surface area contributed by atoms with Crippen molar-refractivity contribution >= 4 is 5.91 Å². The lowest BCUT2D eigenvalue weighted by Gasteiger charge is -2.71. The summed E-state index contributed by atoms with van der Waals surface area (Å²) in [6, 6.07) is 10.8. The maximum absolute atomic E-state index is 12.0. The lowest BCUT2D eigenvalue weighted by molar-refractivity contribution is -0.197. The zero-order valence-electron chi connectivity index (χ0n) is 13.8. The summed E-state index contributed by atoms with van der Waals surface area (Å²) >= 11 is 0. The van der Waals surface area contributed by atoms with Gasteiger partial charge < -0.3 is 10.0 Å². The SMILES string of the molecule is CCC(=O)N1CC2(C1)[C@H](c1ccccc1)[C@H](CO)N2CC1CC1. The van der Waals surface area contributed by atoms with Crippen LogP contribution in [0.3, 0.4) is 0 Å². The minimum absolute atomic E-state index is 0.0577. The van der Waals surface area contributed by atoms with Crippen LogP contribution >= 0.6 is 0 Å². The molecule has 124 valence electrons. The molecule has 3 aliphatic rings. The van der Waals surface area contributed by atoms with Crippen LogP contribution in [0.2, 0.25) is 0 Å². The van der Waals surface area contributed by atoms with Crippen molar-refractivity contribution in [1.82, 2.24) is 9.80 Å². The number of hydrogen-bond donors (Lipinski definition) is 1. The van der Waals surface area contributed by atoms with E-state index in [1.165, 1.54) is 18.4 Å². The van der Waals surface area contributed by atoms with Crippen LogP contribution in [0, 0.1) is 5.92 Å². The van der Waals surface area contributed by atoms with Crippen molar-refractivity contribution in [2.45, 2.75) is 43.7 Å². The van der Waals surface area contributed by atoms with Gasteiger partial charge in [-0.25, -0.2) is 0 Å². The topological polar surface area (TPSA) is 43.8 Å². The van der Waals surface area contributed by atoms with Crippen LogP contribution in [0.25, 0.3) is 0 Å². The Morgan fingerprint density at radius 2 is 1.96 bits per heavy atom. The highest BCUT2D eigenvalue weighted by Crippen LogP contribution is 2.55. The highest BCUT2D eigenvalue weighted by molar-refractivity contribution is 5.77. The van der Waals surface area contributed by atoms with E-state index in [0.29, 0.717) is 12.3 Å². The van der Waals surface area contributed by atoms with Crippen molar-refractivity contribution in [2.24, 2.45) is 5.92 Å². The first-order valence-corrected chi connectivity index (χ1v) is 8.90. The molecule has 1 N–H and O–H groups in total. The molecule has 1 aliphatic carbocycles. The molecule has 0 bridgehead atoms. The van der Waals surface area contributed by atoms with Gasteiger partial charge in [0.15, 0.2) is 0 Å². The van der Waals surface area contributed by atoms with Crippen LogP contribution in [-0.2, 0) is 4.79 Å². The molecule has 1 saturated carbocycles. The van der Waals surface area contributed by atoms with E-state index in [4.69, 9.17) is 0 Å². The van der Waals surface area contributed by atoms with Gasteiger partial charge in [-0.2, -0.15) is 0 Å². The van der Waals surface area contributed by atoms with E-state index in [1.54, 1.807) is 0 Å². The first-order valence-electron chi connectivity index (χ1n) is 8.90. The zero-order valence-corrected chi connectivity index (χ0v) is 13.8. The number of carbonyl (C=O) groups excluding carboxylic acids is 1. The fraction of sp³-hybridized carbons (Fsp3) is 0.632. The van der Waals surface area contributed by atoms with Crippen LogP contribution in [0.4, 0.5) is 0 Å². The Kier molecular flexibility index (Phi) is 3.69. The second-order valence-electron chi connectivity index (χ2n) is 7.44. The molecular formula is C19H26N2O2. The maximum Gasteiger partial charge on any atom is 0.222 e. The second-order valence-corrected chi connectivity index (χ2v) is 7.44. The number of benzene rings is 1. The monoisotopic (exact) mass is 314 g/mol. The lowest BCUT2D eigenvalue weighted by Crippen LogP contribution is -2.85. The lowest BCUT2D eigenvalue weighted by atomic mass is 9.60. The largest absolute Gasteiger partial charge is 0.395 e. The van der Waals surface area contributed by atoms with Crippen LogP contribution in [0.5, 0.6) is 0 Å². The molecule has 4 rings (SSSR count). The van der Waals surface area contributed by atoms with Crippen LogP contribution in [0.1, 0.15) is 37.7 Å². The van der Waals surface area contributed by atoms with Crippen molar-refractivity contribution in [3.63, 3.8) is 0 Å². The fourth-order valence-corrected chi connectivity index (χ4v) is 4.65. The average molecular weight is 314 g/mol. The minimum Gasteiger partial charge on any atom is -0.395 e. The molecule has 0 aromatic heterocycles. The summed E-state index contributed by atoms with van der Waals surface area (Å²) in [5.74, 6) is 1.39. The molecular weight excluding hydrogens is 288 g/mol. The number of amides is 1. The number of nitrogens with zero attached hydrogens (tertiary/aromatic N) is 2. The van der Waals surface area contributed by atoms with E-state index >= 15 is 0 Å². The predicted molar refractivity (Wildman–Crippen MR) is 89.1 cm³/mol. The summed E-state index contributed by atoms with van der Waals surface area (Å²) in [4.78, 5) is 16.5. The molecule has 1 aromatic rings. The Morgan fingerprint density at radius 1 is 1.26 bits per heavy atom. The summed E-state index contributed by atoms with van der Waals surface area (Å²) in [7, 11) is 0. The van der Waals surface area contributed by atoms with Gasteiger partial charge in [-0.3, -0.25) is 9.69 Å². The predicted octanol–water partition coefficient (Wildman–Crippen LogP) is 1.85. The molecule has 23 heavy (non-hydrogen) atoms. The fourth-order valence-electron chi connectivity index (χ4n) is 4.65. The van der Waals surface area contributed by atoms with E-state index in [0.717, 1.165) is 25.6 Å². The third kappa shape index (κ3) is 2.31. The number of hydrogen-bond acceptors (Lipinski definition) is 3. The molecule has 3 fully saturated rings. The number of likely N-dealkylation sites (tertiary alicyclic amines) is 2. The maximum atomic E-state index is 12.0. The smallest absolute Gasteiger partial charge is 0.222 e. The van der Waals surface area contributed by atoms with Crippen molar-refractivity contribution in [2.75, 3.05) is 26.2 Å². The van der Waals surface area contributed by atoms with Crippen LogP contribution < -0.4 is 0 Å². The Labute approximate surface area is 138 Å². The number of aliphatic hydroxyl groups is 1. The molecule has 2 atom stereocenters. The highest BCUT2D eigenvalue weighted by atomic mass is 16.3. The van der Waals surface area contributed by atoms with Gasteiger partial charge in [-0.1, -0.05) is 37.3 Å². The standard InChI is InChI=1S/C19H26N2O2/c1-2-17(23)20-12-19(13-20)18(15-6-4-3-5-7-15)16(11-22)21(19)10-14-8-9-14/h3-7,14,16,18,22H,2,8-13H2,1H3/t16-,18+/m0/s1.